The number of halogens is 1. The summed E-state index contributed by atoms with van der Waals surface area (Å²) in [6, 6.07) is 32.4. The molecule has 47 heavy (non-hydrogen) atoms. The second-order valence-electron chi connectivity index (χ2n) is 12.9. The number of fused-ring (bicyclic) bond motifs is 2. The zero-order valence-corrected chi connectivity index (χ0v) is 27.5. The number of anilines is 1. The van der Waals surface area contributed by atoms with Crippen LogP contribution in [-0.2, 0) is 4.43 Å². The molecule has 10 heteroatoms. The minimum atomic E-state index is -2.81. The number of rotatable bonds is 8. The van der Waals surface area contributed by atoms with Crippen LogP contribution in [0.4, 0.5) is 15.9 Å². The normalized spacial score (nSPS) is 16.5. The first-order valence-corrected chi connectivity index (χ1v) is 17.7. The monoisotopic (exact) mass is 642 g/mol. The summed E-state index contributed by atoms with van der Waals surface area (Å²) in [5.74, 6) is 0.201. The molecule has 6 aromatic rings. The molecule has 0 spiro atoms. The largest absolute Gasteiger partial charge is 0.400 e. The maximum Gasteiger partial charge on any atom is 0.261 e. The highest BCUT2D eigenvalue weighted by Crippen LogP contribution is 2.46. The number of hydrogen-bond donors (Lipinski definition) is 1. The van der Waals surface area contributed by atoms with E-state index in [1.165, 1.54) is 28.8 Å². The number of imidazole rings is 1. The Labute approximate surface area is 273 Å². The molecule has 0 saturated heterocycles. The Morgan fingerprint density at radius 3 is 2.17 bits per heavy atom. The summed E-state index contributed by atoms with van der Waals surface area (Å²) in [4.78, 5) is 25.3. The average molecular weight is 643 g/mol. The molecule has 0 saturated carbocycles. The number of aromatic nitrogens is 4. The fraction of sp³-hybridized carbons (Fsp3) is 0.216. The SMILES string of the molecule is CC(C)(C)[Si](O[C@@H]1CC[C@@H](Nc2nc(-c3cnc4ccc(F)cn34)ncc2N=O)c2ccccc21)(c1ccccc1)c1ccccc1. The van der Waals surface area contributed by atoms with Crippen LogP contribution in [0.5, 0.6) is 0 Å². The summed E-state index contributed by atoms with van der Waals surface area (Å²) in [5.41, 5.74) is 3.34. The van der Waals surface area contributed by atoms with Crippen molar-refractivity contribution < 1.29 is 8.82 Å². The van der Waals surface area contributed by atoms with Gasteiger partial charge >= 0.3 is 0 Å². The number of nitrogens with zero attached hydrogens (tertiary/aromatic N) is 5. The van der Waals surface area contributed by atoms with Crippen LogP contribution in [0.1, 0.15) is 56.9 Å². The van der Waals surface area contributed by atoms with Gasteiger partial charge in [-0.25, -0.2) is 19.3 Å². The van der Waals surface area contributed by atoms with Gasteiger partial charge in [-0.05, 0) is 56.7 Å². The fourth-order valence-electron chi connectivity index (χ4n) is 6.88. The molecule has 1 aliphatic carbocycles. The molecule has 0 bridgehead atoms. The van der Waals surface area contributed by atoms with Crippen LogP contribution in [0.15, 0.2) is 121 Å². The Morgan fingerprint density at radius 2 is 1.51 bits per heavy atom. The van der Waals surface area contributed by atoms with Gasteiger partial charge in [0.1, 0.15) is 17.2 Å². The number of nitrogens with one attached hydrogen (secondary N) is 1. The summed E-state index contributed by atoms with van der Waals surface area (Å²) < 4.78 is 23.3. The van der Waals surface area contributed by atoms with Crippen molar-refractivity contribution >= 4 is 35.8 Å². The molecule has 0 radical (unpaired) electrons. The van der Waals surface area contributed by atoms with Crippen molar-refractivity contribution in [3.63, 3.8) is 0 Å². The van der Waals surface area contributed by atoms with Gasteiger partial charge in [-0.2, -0.15) is 0 Å². The smallest absolute Gasteiger partial charge is 0.261 e. The third-order valence-electron chi connectivity index (χ3n) is 9.05. The Balaban J connectivity index is 1.26. The Morgan fingerprint density at radius 1 is 0.851 bits per heavy atom. The predicted octanol–water partition coefficient (Wildman–Crippen LogP) is 7.89. The minimum absolute atomic E-state index is 0.0944. The predicted molar refractivity (Wildman–Crippen MR) is 185 cm³/mol. The second kappa shape index (κ2) is 12.3. The lowest BCUT2D eigenvalue weighted by molar-refractivity contribution is 0.165. The Bertz CT molecular complexity index is 2010. The van der Waals surface area contributed by atoms with Crippen molar-refractivity contribution in [3.8, 4) is 11.5 Å². The van der Waals surface area contributed by atoms with Crippen molar-refractivity contribution in [1.29, 1.82) is 0 Å². The van der Waals surface area contributed by atoms with Gasteiger partial charge in [0.05, 0.1) is 24.5 Å². The zero-order chi connectivity index (χ0) is 32.6. The van der Waals surface area contributed by atoms with Gasteiger partial charge in [0.25, 0.3) is 8.32 Å². The lowest BCUT2D eigenvalue weighted by atomic mass is 9.86. The van der Waals surface area contributed by atoms with Gasteiger partial charge in [-0.3, -0.25) is 4.40 Å². The van der Waals surface area contributed by atoms with Crippen molar-refractivity contribution in [3.05, 3.63) is 138 Å². The van der Waals surface area contributed by atoms with E-state index in [0.717, 1.165) is 24.0 Å². The van der Waals surface area contributed by atoms with Gasteiger partial charge in [-0.1, -0.05) is 106 Å². The quantitative estimate of drug-likeness (QED) is 0.134. The highest BCUT2D eigenvalue weighted by Gasteiger charge is 2.52. The standard InChI is InChI=1S/C37H35FN6O2Si/c1-37(2,3)47(26-12-6-4-7-13-26,27-14-8-5-9-15-27)46-33-20-19-30(28-16-10-11-17-29(28)33)41-35-31(43-45)22-40-36(42-35)32-23-39-34-21-18-25(38)24-44(32)34/h4-18,21-24,30,33H,19-20H2,1-3H3,(H,40,41,42)/t30-,33-/m1/s1. The van der Waals surface area contributed by atoms with E-state index in [9.17, 15) is 9.30 Å². The average Bonchev–Trinajstić information content (AvgIpc) is 3.51. The molecule has 0 amide bonds. The summed E-state index contributed by atoms with van der Waals surface area (Å²) in [5, 5.41) is 9.02. The molecule has 3 aromatic heterocycles. The molecule has 1 N–H and O–H groups in total. The second-order valence-corrected chi connectivity index (χ2v) is 17.2. The van der Waals surface area contributed by atoms with Crippen LogP contribution in [0.25, 0.3) is 17.2 Å². The molecular weight excluding hydrogens is 608 g/mol. The van der Waals surface area contributed by atoms with E-state index in [0.29, 0.717) is 23.0 Å². The van der Waals surface area contributed by atoms with Crippen LogP contribution in [0, 0.1) is 10.7 Å². The number of pyridine rings is 1. The van der Waals surface area contributed by atoms with Gasteiger partial charge in [0.15, 0.2) is 17.3 Å². The first kappa shape index (κ1) is 30.6. The van der Waals surface area contributed by atoms with E-state index in [1.807, 2.05) is 12.1 Å². The van der Waals surface area contributed by atoms with Gasteiger partial charge < -0.3 is 9.74 Å². The topological polar surface area (TPSA) is 93.8 Å². The third kappa shape index (κ3) is 5.53. The lowest BCUT2D eigenvalue weighted by Crippen LogP contribution is -2.67. The molecule has 236 valence electrons. The maximum absolute atomic E-state index is 14.1. The van der Waals surface area contributed by atoms with Crippen molar-refractivity contribution in [2.45, 2.75) is 50.8 Å². The van der Waals surface area contributed by atoms with Crippen molar-refractivity contribution in [2.24, 2.45) is 5.18 Å². The highest BCUT2D eigenvalue weighted by atomic mass is 28.4. The first-order valence-electron chi connectivity index (χ1n) is 15.8. The zero-order valence-electron chi connectivity index (χ0n) is 26.5. The summed E-state index contributed by atoms with van der Waals surface area (Å²) in [6.07, 6.45) is 5.66. The fourth-order valence-corrected chi connectivity index (χ4v) is 11.6. The Kier molecular flexibility index (Phi) is 7.99. The third-order valence-corrected chi connectivity index (χ3v) is 14.1. The Hall–Kier alpha value is -5.06. The molecule has 0 fully saturated rings. The number of nitroso groups, excluding NO2 is 1. The molecule has 3 aromatic carbocycles. The lowest BCUT2D eigenvalue weighted by Gasteiger charge is -2.46. The van der Waals surface area contributed by atoms with E-state index in [4.69, 9.17) is 9.41 Å². The van der Waals surface area contributed by atoms with Crippen LogP contribution in [0.3, 0.4) is 0 Å². The van der Waals surface area contributed by atoms with E-state index < -0.39 is 14.1 Å². The number of benzene rings is 3. The van der Waals surface area contributed by atoms with Gasteiger partial charge in [0, 0.05) is 6.20 Å². The van der Waals surface area contributed by atoms with Crippen LogP contribution < -0.4 is 15.7 Å². The van der Waals surface area contributed by atoms with Crippen molar-refractivity contribution in [1.82, 2.24) is 19.4 Å². The molecule has 8 nitrogen and oxygen atoms in total. The van der Waals surface area contributed by atoms with E-state index >= 15 is 0 Å². The molecule has 0 unspecified atom stereocenters. The molecule has 2 atom stereocenters. The summed E-state index contributed by atoms with van der Waals surface area (Å²) >= 11 is 0. The van der Waals surface area contributed by atoms with Crippen molar-refractivity contribution in [2.75, 3.05) is 5.32 Å². The van der Waals surface area contributed by atoms with Crippen LogP contribution >= 0.6 is 0 Å². The highest BCUT2D eigenvalue weighted by molar-refractivity contribution is 6.99. The molecular formula is C37H35FN6O2Si. The molecule has 7 rings (SSSR count). The van der Waals surface area contributed by atoms with E-state index in [-0.39, 0.29) is 22.9 Å². The summed E-state index contributed by atoms with van der Waals surface area (Å²) in [7, 11) is -2.81. The van der Waals surface area contributed by atoms with Gasteiger partial charge in [-0.15, -0.1) is 4.91 Å². The van der Waals surface area contributed by atoms with E-state index in [2.05, 4.69) is 114 Å². The molecule has 3 heterocycles. The van der Waals surface area contributed by atoms with Crippen LogP contribution in [-0.4, -0.2) is 27.7 Å². The maximum atomic E-state index is 14.1. The van der Waals surface area contributed by atoms with Crippen LogP contribution in [0.2, 0.25) is 5.04 Å². The van der Waals surface area contributed by atoms with E-state index in [1.54, 1.807) is 16.7 Å². The van der Waals surface area contributed by atoms with Gasteiger partial charge in [0.2, 0.25) is 0 Å². The number of hydrogen-bond acceptors (Lipinski definition) is 7. The minimum Gasteiger partial charge on any atom is -0.400 e. The first-order chi connectivity index (χ1) is 22.8. The summed E-state index contributed by atoms with van der Waals surface area (Å²) in [6.45, 7) is 6.87. The molecule has 1 aliphatic rings. The molecule has 0 aliphatic heterocycles.